The second kappa shape index (κ2) is 7.91. The Balaban J connectivity index is 1.62. The number of para-hydroxylation sites is 1. The van der Waals surface area contributed by atoms with Crippen molar-refractivity contribution in [2.24, 2.45) is 0 Å². The number of hydrogen-bond donors (Lipinski definition) is 1. The van der Waals surface area contributed by atoms with Gasteiger partial charge >= 0.3 is 0 Å². The van der Waals surface area contributed by atoms with Crippen LogP contribution >= 0.6 is 0 Å². The number of Topliss-reactive ketones (excluding diaryl/α,β-unsaturated/α-hetero) is 1. The molecule has 0 bridgehead atoms. The quantitative estimate of drug-likeness (QED) is 0.478. The summed E-state index contributed by atoms with van der Waals surface area (Å²) >= 11 is 0. The van der Waals surface area contributed by atoms with Crippen LogP contribution in [0.3, 0.4) is 0 Å². The van der Waals surface area contributed by atoms with Crippen molar-refractivity contribution in [3.05, 3.63) is 108 Å². The molecule has 0 fully saturated rings. The first-order valence-corrected chi connectivity index (χ1v) is 10.1. The molecule has 4 heteroatoms. The van der Waals surface area contributed by atoms with Gasteiger partial charge < -0.3 is 5.32 Å². The van der Waals surface area contributed by atoms with E-state index < -0.39 is 0 Å². The number of rotatable bonds is 4. The van der Waals surface area contributed by atoms with Crippen LogP contribution in [0.4, 0.5) is 11.5 Å². The van der Waals surface area contributed by atoms with Crippen LogP contribution in [0.25, 0.3) is 11.4 Å². The molecular weight excluding hydrogens is 370 g/mol. The zero-order valence-electron chi connectivity index (χ0n) is 16.5. The van der Waals surface area contributed by atoms with Gasteiger partial charge in [0.15, 0.2) is 11.6 Å². The largest absolute Gasteiger partial charge is 0.339 e. The van der Waals surface area contributed by atoms with Gasteiger partial charge in [-0.2, -0.15) is 0 Å². The van der Waals surface area contributed by atoms with Crippen molar-refractivity contribution in [3.63, 3.8) is 0 Å². The van der Waals surface area contributed by atoms with Gasteiger partial charge in [0.25, 0.3) is 0 Å². The molecule has 4 nitrogen and oxygen atoms in total. The third-order valence-electron chi connectivity index (χ3n) is 5.47. The van der Waals surface area contributed by atoms with E-state index in [0.29, 0.717) is 23.6 Å². The van der Waals surface area contributed by atoms with E-state index in [2.05, 4.69) is 17.4 Å². The predicted molar refractivity (Wildman–Crippen MR) is 119 cm³/mol. The maximum atomic E-state index is 13.2. The van der Waals surface area contributed by atoms with Crippen LogP contribution in [0.1, 0.15) is 34.0 Å². The Kier molecular flexibility index (Phi) is 4.81. The van der Waals surface area contributed by atoms with Gasteiger partial charge in [-0.15, -0.1) is 0 Å². The van der Waals surface area contributed by atoms with Crippen molar-refractivity contribution < 1.29 is 4.79 Å². The van der Waals surface area contributed by atoms with E-state index in [4.69, 9.17) is 9.97 Å². The summed E-state index contributed by atoms with van der Waals surface area (Å²) in [4.78, 5) is 22.8. The van der Waals surface area contributed by atoms with E-state index in [0.717, 1.165) is 23.4 Å². The molecule has 0 saturated carbocycles. The van der Waals surface area contributed by atoms with Crippen molar-refractivity contribution in [3.8, 4) is 11.4 Å². The Morgan fingerprint density at radius 1 is 0.733 bits per heavy atom. The highest BCUT2D eigenvalue weighted by Gasteiger charge is 2.31. The highest BCUT2D eigenvalue weighted by molar-refractivity contribution is 6.03. The lowest BCUT2D eigenvalue weighted by Gasteiger charge is -2.25. The van der Waals surface area contributed by atoms with E-state index >= 15 is 0 Å². The second-order valence-corrected chi connectivity index (χ2v) is 7.51. The molecule has 146 valence electrons. The van der Waals surface area contributed by atoms with Crippen molar-refractivity contribution in [2.45, 2.75) is 18.8 Å². The van der Waals surface area contributed by atoms with Gasteiger partial charge in [-0.05, 0) is 30.0 Å². The van der Waals surface area contributed by atoms with Crippen LogP contribution in [-0.2, 0) is 6.42 Å². The Morgan fingerprint density at radius 2 is 1.37 bits per heavy atom. The van der Waals surface area contributed by atoms with Gasteiger partial charge in [0.1, 0.15) is 5.82 Å². The molecule has 0 saturated heterocycles. The molecule has 1 unspecified atom stereocenters. The molecule has 1 aromatic heterocycles. The third-order valence-corrected chi connectivity index (χ3v) is 5.47. The van der Waals surface area contributed by atoms with Gasteiger partial charge in [-0.3, -0.25) is 4.79 Å². The number of ketones is 1. The highest BCUT2D eigenvalue weighted by Crippen LogP contribution is 2.36. The van der Waals surface area contributed by atoms with Gasteiger partial charge in [-0.1, -0.05) is 78.9 Å². The van der Waals surface area contributed by atoms with Crippen LogP contribution in [0.15, 0.2) is 91.0 Å². The van der Waals surface area contributed by atoms with Gasteiger partial charge in [0.2, 0.25) is 0 Å². The monoisotopic (exact) mass is 391 g/mol. The summed E-state index contributed by atoms with van der Waals surface area (Å²) in [6, 6.07) is 29.9. The topological polar surface area (TPSA) is 54.9 Å². The molecule has 5 rings (SSSR count). The molecule has 4 aromatic rings. The van der Waals surface area contributed by atoms with Crippen molar-refractivity contribution in [1.29, 1.82) is 0 Å². The van der Waals surface area contributed by atoms with Crippen LogP contribution in [0.2, 0.25) is 0 Å². The molecule has 0 radical (unpaired) electrons. The summed E-state index contributed by atoms with van der Waals surface area (Å²) in [5, 5.41) is 3.36. The maximum Gasteiger partial charge on any atom is 0.169 e. The minimum atomic E-state index is 0.0862. The summed E-state index contributed by atoms with van der Waals surface area (Å²) in [6.45, 7) is 0. The normalized spacial score (nSPS) is 15.5. The standard InChI is InChI=1S/C26H21N3O/c30-23-17-20(18-10-4-1-5-11-18)16-22-24(23)26(27-21-14-8-3-9-15-21)29-25(28-22)19-12-6-2-7-13-19/h1-15,20H,16-17H2,(H,27,28,29). The molecule has 1 heterocycles. The molecule has 1 N–H and O–H groups in total. The number of anilines is 2. The second-order valence-electron chi connectivity index (χ2n) is 7.51. The summed E-state index contributed by atoms with van der Waals surface area (Å²) in [7, 11) is 0. The minimum absolute atomic E-state index is 0.0862. The van der Waals surface area contributed by atoms with E-state index in [-0.39, 0.29) is 11.7 Å². The highest BCUT2D eigenvalue weighted by atomic mass is 16.1. The number of fused-ring (bicyclic) bond motifs is 1. The number of nitrogens with one attached hydrogen (secondary N) is 1. The fourth-order valence-electron chi connectivity index (χ4n) is 4.01. The lowest BCUT2D eigenvalue weighted by Crippen LogP contribution is -2.22. The van der Waals surface area contributed by atoms with Crippen LogP contribution in [0, 0.1) is 0 Å². The van der Waals surface area contributed by atoms with Gasteiger partial charge in [-0.25, -0.2) is 9.97 Å². The van der Waals surface area contributed by atoms with E-state index in [9.17, 15) is 4.79 Å². The Morgan fingerprint density at radius 3 is 2.07 bits per heavy atom. The van der Waals surface area contributed by atoms with E-state index in [1.54, 1.807) is 0 Å². The lowest BCUT2D eigenvalue weighted by molar-refractivity contribution is 0.0964. The number of aromatic nitrogens is 2. The molecule has 0 amide bonds. The van der Waals surface area contributed by atoms with Crippen molar-refractivity contribution in [1.82, 2.24) is 9.97 Å². The Hall–Kier alpha value is -3.79. The van der Waals surface area contributed by atoms with Crippen molar-refractivity contribution >= 4 is 17.3 Å². The predicted octanol–water partition coefficient (Wildman–Crippen LogP) is 5.80. The van der Waals surface area contributed by atoms with Gasteiger partial charge in [0.05, 0.1) is 11.3 Å². The maximum absolute atomic E-state index is 13.2. The van der Waals surface area contributed by atoms with Gasteiger partial charge in [0, 0.05) is 17.7 Å². The van der Waals surface area contributed by atoms with Crippen LogP contribution in [0.5, 0.6) is 0 Å². The van der Waals surface area contributed by atoms with Crippen molar-refractivity contribution in [2.75, 3.05) is 5.32 Å². The van der Waals surface area contributed by atoms with E-state index in [1.165, 1.54) is 5.56 Å². The number of carbonyl (C=O) groups excluding carboxylic acids is 1. The molecular formula is C26H21N3O. The van der Waals surface area contributed by atoms with Crippen LogP contribution < -0.4 is 5.32 Å². The molecule has 1 aliphatic rings. The first kappa shape index (κ1) is 18.3. The number of carbonyl (C=O) groups is 1. The first-order valence-electron chi connectivity index (χ1n) is 10.1. The number of benzene rings is 3. The molecule has 30 heavy (non-hydrogen) atoms. The fourth-order valence-corrected chi connectivity index (χ4v) is 4.01. The summed E-state index contributed by atoms with van der Waals surface area (Å²) in [5.74, 6) is 1.44. The lowest BCUT2D eigenvalue weighted by atomic mass is 9.81. The first-order chi connectivity index (χ1) is 14.8. The molecule has 1 aliphatic carbocycles. The Labute approximate surface area is 175 Å². The average Bonchev–Trinajstić information content (AvgIpc) is 2.80. The third kappa shape index (κ3) is 3.60. The smallest absolute Gasteiger partial charge is 0.169 e. The molecule has 0 aliphatic heterocycles. The summed E-state index contributed by atoms with van der Waals surface area (Å²) < 4.78 is 0. The average molecular weight is 391 g/mol. The number of nitrogens with zero attached hydrogens (tertiary/aromatic N) is 2. The summed E-state index contributed by atoms with van der Waals surface area (Å²) in [5.41, 5.74) is 4.44. The fraction of sp³-hybridized carbons (Fsp3) is 0.115. The Bertz CT molecular complexity index is 1180. The molecule has 0 spiro atoms. The minimum Gasteiger partial charge on any atom is -0.339 e. The zero-order chi connectivity index (χ0) is 20.3. The van der Waals surface area contributed by atoms with E-state index in [1.807, 2.05) is 78.9 Å². The molecule has 3 aromatic carbocycles. The summed E-state index contributed by atoms with van der Waals surface area (Å²) in [6.07, 6.45) is 1.19. The zero-order valence-corrected chi connectivity index (χ0v) is 16.5. The van der Waals surface area contributed by atoms with Crippen LogP contribution in [-0.4, -0.2) is 15.8 Å². The SMILES string of the molecule is O=C1CC(c2ccccc2)Cc2nc(-c3ccccc3)nc(Nc3ccccc3)c21. The number of hydrogen-bond acceptors (Lipinski definition) is 4. The molecule has 1 atom stereocenters.